The average Bonchev–Trinajstić information content (AvgIpc) is 2.49. The summed E-state index contributed by atoms with van der Waals surface area (Å²) in [5.41, 5.74) is 0. The lowest BCUT2D eigenvalue weighted by Crippen LogP contribution is -2.50. The summed E-state index contributed by atoms with van der Waals surface area (Å²) >= 11 is 5.87. The first-order chi connectivity index (χ1) is 10.1. The Hall–Kier alpha value is -1.40. The highest BCUT2D eigenvalue weighted by molar-refractivity contribution is 6.29. The van der Waals surface area contributed by atoms with Crippen LogP contribution in [0.15, 0.2) is 12.4 Å². The van der Waals surface area contributed by atoms with Crippen LogP contribution in [0, 0.1) is 0 Å². The minimum Gasteiger partial charge on any atom is -0.353 e. The van der Waals surface area contributed by atoms with E-state index in [-0.39, 0.29) is 5.91 Å². The normalized spacial score (nSPS) is 16.0. The Bertz CT molecular complexity index is 472. The maximum atomic E-state index is 12.1. The Labute approximate surface area is 130 Å². The first-order valence-electron chi connectivity index (χ1n) is 7.36. The van der Waals surface area contributed by atoms with Gasteiger partial charge >= 0.3 is 0 Å². The zero-order valence-electron chi connectivity index (χ0n) is 12.6. The van der Waals surface area contributed by atoms with Crippen LogP contribution in [0.1, 0.15) is 13.8 Å². The van der Waals surface area contributed by atoms with Gasteiger partial charge in [0, 0.05) is 39.3 Å². The topological polar surface area (TPSA) is 52.6 Å². The minimum absolute atomic E-state index is 0.205. The van der Waals surface area contributed by atoms with Gasteiger partial charge in [-0.1, -0.05) is 11.6 Å². The molecule has 6 nitrogen and oxygen atoms in total. The fourth-order valence-electron chi connectivity index (χ4n) is 2.49. The quantitative estimate of drug-likeness (QED) is 0.815. The van der Waals surface area contributed by atoms with Gasteiger partial charge in [-0.15, -0.1) is 0 Å². The van der Waals surface area contributed by atoms with Gasteiger partial charge in [0.25, 0.3) is 0 Å². The molecule has 1 amide bonds. The van der Waals surface area contributed by atoms with Crippen LogP contribution in [-0.2, 0) is 4.79 Å². The number of nitrogens with zero attached hydrogens (tertiary/aromatic N) is 5. The molecular formula is C14H22ClN5O. The lowest BCUT2D eigenvalue weighted by molar-refractivity contribution is -0.132. The van der Waals surface area contributed by atoms with Crippen molar-refractivity contribution in [1.29, 1.82) is 0 Å². The summed E-state index contributed by atoms with van der Waals surface area (Å²) in [6.45, 7) is 9.43. The van der Waals surface area contributed by atoms with Crippen molar-refractivity contribution >= 4 is 23.3 Å². The summed E-state index contributed by atoms with van der Waals surface area (Å²) in [6, 6.07) is 0. The summed E-state index contributed by atoms with van der Waals surface area (Å²) in [6.07, 6.45) is 3.26. The molecule has 0 saturated carbocycles. The van der Waals surface area contributed by atoms with Gasteiger partial charge in [-0.25, -0.2) is 4.98 Å². The van der Waals surface area contributed by atoms with Gasteiger partial charge in [-0.05, 0) is 13.8 Å². The monoisotopic (exact) mass is 311 g/mol. The molecule has 0 atom stereocenters. The highest BCUT2D eigenvalue weighted by atomic mass is 35.5. The molecule has 1 saturated heterocycles. The number of hydrogen-bond donors (Lipinski definition) is 0. The van der Waals surface area contributed by atoms with E-state index in [1.54, 1.807) is 6.20 Å². The predicted octanol–water partition coefficient (Wildman–Crippen LogP) is 1.12. The molecule has 7 heteroatoms. The number of halogens is 1. The molecule has 1 aliphatic rings. The molecule has 0 spiro atoms. The number of anilines is 1. The number of aromatic nitrogens is 2. The molecule has 0 unspecified atom stereocenters. The first-order valence-corrected chi connectivity index (χ1v) is 7.74. The second-order valence-electron chi connectivity index (χ2n) is 5.03. The Morgan fingerprint density at radius 1 is 1.24 bits per heavy atom. The van der Waals surface area contributed by atoms with Crippen molar-refractivity contribution in [3.8, 4) is 0 Å². The Kier molecular flexibility index (Phi) is 5.76. The maximum absolute atomic E-state index is 12.1. The number of likely N-dealkylation sites (N-methyl/N-ethyl adjacent to an activating group) is 1. The second kappa shape index (κ2) is 7.56. The van der Waals surface area contributed by atoms with Gasteiger partial charge in [0.2, 0.25) is 5.91 Å². The minimum atomic E-state index is 0.205. The molecule has 0 aliphatic carbocycles. The highest BCUT2D eigenvalue weighted by Crippen LogP contribution is 2.14. The molecule has 0 radical (unpaired) electrons. The van der Waals surface area contributed by atoms with Crippen molar-refractivity contribution in [3.63, 3.8) is 0 Å². The molecule has 1 aromatic heterocycles. The van der Waals surface area contributed by atoms with Crippen molar-refractivity contribution in [2.45, 2.75) is 13.8 Å². The molecule has 1 aromatic rings. The van der Waals surface area contributed by atoms with Crippen LogP contribution in [-0.4, -0.2) is 71.5 Å². The van der Waals surface area contributed by atoms with Crippen LogP contribution in [0.5, 0.6) is 0 Å². The fraction of sp³-hybridized carbons (Fsp3) is 0.643. The van der Waals surface area contributed by atoms with E-state index in [4.69, 9.17) is 11.6 Å². The van der Waals surface area contributed by atoms with Crippen molar-refractivity contribution in [2.75, 3.05) is 50.7 Å². The third kappa shape index (κ3) is 4.28. The van der Waals surface area contributed by atoms with Crippen molar-refractivity contribution in [3.05, 3.63) is 17.5 Å². The second-order valence-corrected chi connectivity index (χ2v) is 5.42. The summed E-state index contributed by atoms with van der Waals surface area (Å²) in [5.74, 6) is 1.01. The van der Waals surface area contributed by atoms with Crippen LogP contribution < -0.4 is 4.90 Å². The summed E-state index contributed by atoms with van der Waals surface area (Å²) in [7, 11) is 0. The zero-order chi connectivity index (χ0) is 15.2. The summed E-state index contributed by atoms with van der Waals surface area (Å²) < 4.78 is 0. The summed E-state index contributed by atoms with van der Waals surface area (Å²) in [5, 5.41) is 0.409. The van der Waals surface area contributed by atoms with E-state index in [9.17, 15) is 4.79 Å². The van der Waals surface area contributed by atoms with Crippen molar-refractivity contribution in [1.82, 2.24) is 19.8 Å². The smallest absolute Gasteiger partial charge is 0.236 e. The van der Waals surface area contributed by atoms with Gasteiger partial charge in [0.1, 0.15) is 11.0 Å². The average molecular weight is 312 g/mol. The molecule has 116 valence electrons. The van der Waals surface area contributed by atoms with E-state index in [0.717, 1.165) is 45.1 Å². The van der Waals surface area contributed by atoms with E-state index in [0.29, 0.717) is 11.7 Å². The van der Waals surface area contributed by atoms with Crippen molar-refractivity contribution < 1.29 is 4.79 Å². The number of hydrogen-bond acceptors (Lipinski definition) is 5. The zero-order valence-corrected chi connectivity index (χ0v) is 13.4. The Balaban J connectivity index is 1.84. The molecule has 0 N–H and O–H groups in total. The molecular weight excluding hydrogens is 290 g/mol. The Morgan fingerprint density at radius 2 is 1.90 bits per heavy atom. The van der Waals surface area contributed by atoms with Crippen LogP contribution in [0.3, 0.4) is 0 Å². The van der Waals surface area contributed by atoms with E-state index in [2.05, 4.69) is 19.8 Å². The predicted molar refractivity (Wildman–Crippen MR) is 83.6 cm³/mol. The van der Waals surface area contributed by atoms with Gasteiger partial charge in [-0.2, -0.15) is 0 Å². The van der Waals surface area contributed by atoms with Crippen LogP contribution >= 0.6 is 11.6 Å². The van der Waals surface area contributed by atoms with Crippen LogP contribution in [0.25, 0.3) is 0 Å². The van der Waals surface area contributed by atoms with Crippen molar-refractivity contribution in [2.24, 2.45) is 0 Å². The van der Waals surface area contributed by atoms with Gasteiger partial charge < -0.3 is 9.80 Å². The number of carbonyl (C=O) groups excluding carboxylic acids is 1. The molecule has 2 heterocycles. The van der Waals surface area contributed by atoms with E-state index in [1.807, 2.05) is 18.7 Å². The van der Waals surface area contributed by atoms with Crippen LogP contribution in [0.2, 0.25) is 5.15 Å². The molecule has 21 heavy (non-hydrogen) atoms. The van der Waals surface area contributed by atoms with Gasteiger partial charge in [0.05, 0.1) is 18.9 Å². The number of piperazine rings is 1. The molecule has 0 bridgehead atoms. The number of rotatable bonds is 5. The van der Waals surface area contributed by atoms with E-state index < -0.39 is 0 Å². The lowest BCUT2D eigenvalue weighted by Gasteiger charge is -2.35. The SMILES string of the molecule is CCN(CC)C(=O)CN1CCN(c2cncc(Cl)n2)CC1. The number of amides is 1. The molecule has 0 aromatic carbocycles. The first kappa shape index (κ1) is 16.0. The largest absolute Gasteiger partial charge is 0.353 e. The highest BCUT2D eigenvalue weighted by Gasteiger charge is 2.21. The third-order valence-electron chi connectivity index (χ3n) is 3.76. The lowest BCUT2D eigenvalue weighted by atomic mass is 10.3. The molecule has 2 rings (SSSR count). The van der Waals surface area contributed by atoms with Gasteiger partial charge in [-0.3, -0.25) is 14.7 Å². The fourth-order valence-corrected chi connectivity index (χ4v) is 2.63. The number of carbonyl (C=O) groups is 1. The van der Waals surface area contributed by atoms with Gasteiger partial charge in [0.15, 0.2) is 0 Å². The molecule has 1 fully saturated rings. The molecule has 1 aliphatic heterocycles. The van der Waals surface area contributed by atoms with E-state index in [1.165, 1.54) is 6.20 Å². The Morgan fingerprint density at radius 3 is 2.48 bits per heavy atom. The van der Waals surface area contributed by atoms with E-state index >= 15 is 0 Å². The standard InChI is InChI=1S/C14H22ClN5O/c1-3-19(4-2)14(21)11-18-5-7-20(8-6-18)13-10-16-9-12(15)17-13/h9-10H,3-8,11H2,1-2H3. The summed E-state index contributed by atoms with van der Waals surface area (Å²) in [4.78, 5) is 26.6. The maximum Gasteiger partial charge on any atom is 0.236 e. The van der Waals surface area contributed by atoms with Crippen LogP contribution in [0.4, 0.5) is 5.82 Å². The third-order valence-corrected chi connectivity index (χ3v) is 3.95.